The van der Waals surface area contributed by atoms with Gasteiger partial charge in [-0.25, -0.2) is 4.79 Å². The fourth-order valence-corrected chi connectivity index (χ4v) is 4.15. The molecule has 3 fully saturated rings. The first kappa shape index (κ1) is 14.8. The highest BCUT2D eigenvalue weighted by Gasteiger charge is 2.37. The minimum absolute atomic E-state index is 0.240. The van der Waals surface area contributed by atoms with E-state index in [2.05, 4.69) is 15.5 Å². The third-order valence-electron chi connectivity index (χ3n) is 5.00. The van der Waals surface area contributed by atoms with Crippen molar-refractivity contribution in [2.24, 2.45) is 0 Å². The van der Waals surface area contributed by atoms with Crippen molar-refractivity contribution in [3.05, 3.63) is 23.2 Å². The van der Waals surface area contributed by atoms with Gasteiger partial charge in [-0.3, -0.25) is 15.0 Å². The Hall–Kier alpha value is -1.79. The standard InChI is InChI=1S/C16H19ClN4O2/c17-11-9-10(20-7-4-12-14(20)3-6-18-12)1-2-13(11)21-8-5-15(22)19-16(21)23/h1-2,9,12,14,18H,3-8H2,(H,19,22,23)/t12-,14-/m0/s1. The van der Waals surface area contributed by atoms with Crippen LogP contribution in [-0.4, -0.2) is 43.7 Å². The Morgan fingerprint density at radius 3 is 2.83 bits per heavy atom. The molecule has 3 saturated heterocycles. The maximum Gasteiger partial charge on any atom is 0.328 e. The molecule has 3 amide bonds. The second-order valence-electron chi connectivity index (χ2n) is 6.29. The van der Waals surface area contributed by atoms with Crippen molar-refractivity contribution in [2.45, 2.75) is 31.3 Å². The molecule has 3 aliphatic rings. The molecule has 3 aliphatic heterocycles. The predicted molar refractivity (Wildman–Crippen MR) is 89.1 cm³/mol. The van der Waals surface area contributed by atoms with E-state index in [9.17, 15) is 9.59 Å². The van der Waals surface area contributed by atoms with E-state index in [-0.39, 0.29) is 5.91 Å². The van der Waals surface area contributed by atoms with Crippen molar-refractivity contribution < 1.29 is 9.59 Å². The van der Waals surface area contributed by atoms with Crippen molar-refractivity contribution in [3.8, 4) is 0 Å². The molecule has 2 atom stereocenters. The number of rotatable bonds is 2. The minimum atomic E-state index is -0.405. The fraction of sp³-hybridized carbons (Fsp3) is 0.500. The lowest BCUT2D eigenvalue weighted by molar-refractivity contribution is -0.120. The zero-order valence-electron chi connectivity index (χ0n) is 12.7. The van der Waals surface area contributed by atoms with E-state index in [1.165, 1.54) is 4.90 Å². The average molecular weight is 335 g/mol. The van der Waals surface area contributed by atoms with Gasteiger partial charge in [0.15, 0.2) is 0 Å². The number of carbonyl (C=O) groups excluding carboxylic acids is 2. The quantitative estimate of drug-likeness (QED) is 0.864. The molecular formula is C16H19ClN4O2. The second-order valence-corrected chi connectivity index (χ2v) is 6.70. The van der Waals surface area contributed by atoms with E-state index >= 15 is 0 Å². The summed E-state index contributed by atoms with van der Waals surface area (Å²) >= 11 is 6.44. The van der Waals surface area contributed by atoms with Gasteiger partial charge in [0.05, 0.1) is 10.7 Å². The second kappa shape index (κ2) is 5.69. The SMILES string of the molecule is O=C1CCN(c2ccc(N3CC[C@@H]4NCC[C@@H]43)cc2Cl)C(=O)N1. The van der Waals surface area contributed by atoms with Gasteiger partial charge in [0, 0.05) is 37.3 Å². The van der Waals surface area contributed by atoms with Crippen molar-refractivity contribution >= 4 is 34.9 Å². The smallest absolute Gasteiger partial charge is 0.328 e. The van der Waals surface area contributed by atoms with Crippen LogP contribution in [0.1, 0.15) is 19.3 Å². The van der Waals surface area contributed by atoms with Crippen LogP contribution in [0.3, 0.4) is 0 Å². The highest BCUT2D eigenvalue weighted by atomic mass is 35.5. The van der Waals surface area contributed by atoms with Crippen LogP contribution in [0.25, 0.3) is 0 Å². The lowest BCUT2D eigenvalue weighted by atomic mass is 10.1. The van der Waals surface area contributed by atoms with Gasteiger partial charge in [0.1, 0.15) is 0 Å². The summed E-state index contributed by atoms with van der Waals surface area (Å²) in [6.45, 7) is 2.46. The normalized spacial score (nSPS) is 27.3. The summed E-state index contributed by atoms with van der Waals surface area (Å²) in [5.74, 6) is -0.240. The number of nitrogens with zero attached hydrogens (tertiary/aromatic N) is 2. The monoisotopic (exact) mass is 334 g/mol. The maximum absolute atomic E-state index is 12.0. The number of imide groups is 1. The summed E-state index contributed by atoms with van der Waals surface area (Å²) in [5, 5.41) is 6.41. The average Bonchev–Trinajstić information content (AvgIpc) is 3.11. The Kier molecular flexibility index (Phi) is 3.66. The summed E-state index contributed by atoms with van der Waals surface area (Å²) in [6.07, 6.45) is 2.60. The van der Waals surface area contributed by atoms with Crippen molar-refractivity contribution in [1.82, 2.24) is 10.6 Å². The lowest BCUT2D eigenvalue weighted by Gasteiger charge is -2.29. The van der Waals surface area contributed by atoms with Crippen LogP contribution < -0.4 is 20.4 Å². The topological polar surface area (TPSA) is 64.7 Å². The number of nitrogens with one attached hydrogen (secondary N) is 2. The van der Waals surface area contributed by atoms with Crippen LogP contribution in [0.2, 0.25) is 5.02 Å². The van der Waals surface area contributed by atoms with Gasteiger partial charge >= 0.3 is 6.03 Å². The number of halogens is 1. The van der Waals surface area contributed by atoms with Gasteiger partial charge in [0.25, 0.3) is 0 Å². The van der Waals surface area contributed by atoms with Crippen molar-refractivity contribution in [2.75, 3.05) is 29.4 Å². The molecule has 6 nitrogen and oxygen atoms in total. The number of carbonyl (C=O) groups is 2. The zero-order valence-corrected chi connectivity index (χ0v) is 13.5. The van der Waals surface area contributed by atoms with Gasteiger partial charge in [0.2, 0.25) is 5.91 Å². The molecule has 1 aromatic carbocycles. The molecule has 2 N–H and O–H groups in total. The van der Waals surface area contributed by atoms with Gasteiger partial charge in [-0.15, -0.1) is 0 Å². The van der Waals surface area contributed by atoms with Crippen LogP contribution in [0.4, 0.5) is 16.2 Å². The molecule has 122 valence electrons. The highest BCUT2D eigenvalue weighted by molar-refractivity contribution is 6.34. The van der Waals surface area contributed by atoms with Gasteiger partial charge in [-0.05, 0) is 37.6 Å². The molecule has 0 aliphatic carbocycles. The molecule has 3 heterocycles. The Labute approximate surface area is 139 Å². The molecule has 0 radical (unpaired) electrons. The Morgan fingerprint density at radius 1 is 1.17 bits per heavy atom. The van der Waals surface area contributed by atoms with Crippen LogP contribution in [0, 0.1) is 0 Å². The number of hydrogen-bond donors (Lipinski definition) is 2. The van der Waals surface area contributed by atoms with E-state index in [1.54, 1.807) is 0 Å². The molecule has 4 rings (SSSR count). The highest BCUT2D eigenvalue weighted by Crippen LogP contribution is 2.35. The molecule has 0 spiro atoms. The van der Waals surface area contributed by atoms with E-state index in [4.69, 9.17) is 11.6 Å². The zero-order chi connectivity index (χ0) is 16.0. The van der Waals surface area contributed by atoms with Gasteiger partial charge in [-0.2, -0.15) is 0 Å². The molecule has 7 heteroatoms. The number of benzene rings is 1. The van der Waals surface area contributed by atoms with E-state index in [1.807, 2.05) is 18.2 Å². The molecule has 0 saturated carbocycles. The Balaban J connectivity index is 1.58. The third-order valence-corrected chi connectivity index (χ3v) is 5.30. The van der Waals surface area contributed by atoms with E-state index in [0.717, 1.165) is 31.6 Å². The summed E-state index contributed by atoms with van der Waals surface area (Å²) in [7, 11) is 0. The summed E-state index contributed by atoms with van der Waals surface area (Å²) in [6, 6.07) is 6.53. The minimum Gasteiger partial charge on any atom is -0.367 e. The van der Waals surface area contributed by atoms with Crippen LogP contribution >= 0.6 is 11.6 Å². The number of anilines is 2. The van der Waals surface area contributed by atoms with Gasteiger partial charge < -0.3 is 10.2 Å². The maximum atomic E-state index is 12.0. The first-order valence-corrected chi connectivity index (χ1v) is 8.42. The molecule has 1 aromatic rings. The first-order chi connectivity index (χ1) is 11.1. The first-order valence-electron chi connectivity index (χ1n) is 8.04. The summed E-state index contributed by atoms with van der Waals surface area (Å²) in [5.41, 5.74) is 1.75. The number of urea groups is 1. The van der Waals surface area contributed by atoms with E-state index in [0.29, 0.717) is 35.8 Å². The number of amides is 3. The van der Waals surface area contributed by atoms with Gasteiger partial charge in [-0.1, -0.05) is 11.6 Å². The molecule has 23 heavy (non-hydrogen) atoms. The number of fused-ring (bicyclic) bond motifs is 1. The third kappa shape index (κ3) is 2.56. The largest absolute Gasteiger partial charge is 0.367 e. The molecule has 0 unspecified atom stereocenters. The van der Waals surface area contributed by atoms with Crippen LogP contribution in [0.5, 0.6) is 0 Å². The molecule has 0 aromatic heterocycles. The van der Waals surface area contributed by atoms with Crippen LogP contribution in [0.15, 0.2) is 18.2 Å². The summed E-state index contributed by atoms with van der Waals surface area (Å²) < 4.78 is 0. The predicted octanol–water partition coefficient (Wildman–Crippen LogP) is 1.73. The number of hydrogen-bond acceptors (Lipinski definition) is 4. The Bertz CT molecular complexity index is 665. The molecular weight excluding hydrogens is 316 g/mol. The fourth-order valence-electron chi connectivity index (χ4n) is 3.87. The summed E-state index contributed by atoms with van der Waals surface area (Å²) in [4.78, 5) is 27.2. The molecule has 0 bridgehead atoms. The van der Waals surface area contributed by atoms with Crippen molar-refractivity contribution in [3.63, 3.8) is 0 Å². The van der Waals surface area contributed by atoms with E-state index < -0.39 is 6.03 Å². The Morgan fingerprint density at radius 2 is 2.04 bits per heavy atom. The van der Waals surface area contributed by atoms with Crippen molar-refractivity contribution in [1.29, 1.82) is 0 Å². The van der Waals surface area contributed by atoms with Crippen LogP contribution in [-0.2, 0) is 4.79 Å². The lowest BCUT2D eigenvalue weighted by Crippen LogP contribution is -2.49.